The number of allylic oxidation sites excluding steroid dienone is 1. The van der Waals surface area contributed by atoms with Crippen LogP contribution in [0.5, 0.6) is 0 Å². The van der Waals surface area contributed by atoms with Crippen LogP contribution in [0.2, 0.25) is 0 Å². The van der Waals surface area contributed by atoms with Crippen LogP contribution in [-0.2, 0) is 21.8 Å². The first-order chi connectivity index (χ1) is 20.0. The average molecular weight is 597 g/mol. The lowest BCUT2D eigenvalue weighted by atomic mass is 9.91. The Balaban J connectivity index is 1.55. The summed E-state index contributed by atoms with van der Waals surface area (Å²) in [5, 5.41) is 42.4. The van der Waals surface area contributed by atoms with Crippen molar-refractivity contribution in [1.82, 2.24) is 9.29 Å². The molecule has 0 saturated carbocycles. The molecule has 4 rings (SSSR count). The number of hydrogen-bond acceptors (Lipinski definition) is 8. The van der Waals surface area contributed by atoms with Crippen LogP contribution in [0.3, 0.4) is 0 Å². The van der Waals surface area contributed by atoms with Gasteiger partial charge >= 0.3 is 0 Å². The third-order valence-corrected chi connectivity index (χ3v) is 9.14. The molecule has 0 amide bonds. The van der Waals surface area contributed by atoms with Gasteiger partial charge in [-0.15, -0.1) is 0 Å². The quantitative estimate of drug-likeness (QED) is 0.247. The second kappa shape index (κ2) is 13.4. The maximum Gasteiger partial charge on any atom is 0.250 e. The van der Waals surface area contributed by atoms with Gasteiger partial charge in [0, 0.05) is 43.8 Å². The minimum absolute atomic E-state index is 0.431. The van der Waals surface area contributed by atoms with Crippen molar-refractivity contribution >= 4 is 32.6 Å². The van der Waals surface area contributed by atoms with E-state index >= 15 is 0 Å². The van der Waals surface area contributed by atoms with Gasteiger partial charge in [-0.05, 0) is 72.5 Å². The van der Waals surface area contributed by atoms with Gasteiger partial charge in [-0.25, -0.2) is 13.1 Å². The SMILES string of the molecule is CCCN(CCC)c1ccc2cc(-c3ccc(/C=C(\C#N)S(=O)(=O)NC[C@@H]4[C@@H](O)O[C@@H](C)C(O)[C@@H]4O)n3C)ccc2c1. The normalized spacial score (nSPS) is 23.2. The maximum absolute atomic E-state index is 13.0. The molecule has 0 bridgehead atoms. The molecule has 226 valence electrons. The molecule has 2 heterocycles. The van der Waals surface area contributed by atoms with Crippen molar-refractivity contribution in [1.29, 1.82) is 5.26 Å². The molecule has 0 radical (unpaired) electrons. The van der Waals surface area contributed by atoms with E-state index in [1.807, 2.05) is 16.7 Å². The molecule has 1 aliphatic heterocycles. The highest BCUT2D eigenvalue weighted by molar-refractivity contribution is 7.93. The van der Waals surface area contributed by atoms with Gasteiger partial charge in [-0.3, -0.25) is 0 Å². The molecule has 1 fully saturated rings. The first-order valence-corrected chi connectivity index (χ1v) is 15.7. The Morgan fingerprint density at radius 2 is 1.71 bits per heavy atom. The Bertz CT molecular complexity index is 1570. The number of sulfonamides is 1. The number of benzene rings is 2. The van der Waals surface area contributed by atoms with E-state index in [1.165, 1.54) is 18.7 Å². The van der Waals surface area contributed by atoms with E-state index in [0.717, 1.165) is 48.0 Å². The molecule has 10 nitrogen and oxygen atoms in total. The fourth-order valence-corrected chi connectivity index (χ4v) is 6.33. The number of nitrogens with one attached hydrogen (secondary N) is 1. The largest absolute Gasteiger partial charge is 0.390 e. The van der Waals surface area contributed by atoms with Crippen molar-refractivity contribution < 1.29 is 28.5 Å². The predicted molar refractivity (Wildman–Crippen MR) is 164 cm³/mol. The van der Waals surface area contributed by atoms with Crippen molar-refractivity contribution in [2.75, 3.05) is 24.5 Å². The minimum Gasteiger partial charge on any atom is -0.390 e. The van der Waals surface area contributed by atoms with Gasteiger partial charge in [0.2, 0.25) is 0 Å². The van der Waals surface area contributed by atoms with Gasteiger partial charge < -0.3 is 29.5 Å². The van der Waals surface area contributed by atoms with Crippen molar-refractivity contribution in [2.24, 2.45) is 13.0 Å². The summed E-state index contributed by atoms with van der Waals surface area (Å²) in [6, 6.07) is 18.0. The zero-order chi connectivity index (χ0) is 30.6. The first-order valence-electron chi connectivity index (χ1n) is 14.3. The summed E-state index contributed by atoms with van der Waals surface area (Å²) in [4.78, 5) is 1.87. The number of rotatable bonds is 11. The number of nitriles is 1. The van der Waals surface area contributed by atoms with Crippen LogP contribution in [0.25, 0.3) is 28.1 Å². The van der Waals surface area contributed by atoms with Crippen LogP contribution in [0, 0.1) is 17.2 Å². The average Bonchev–Trinajstić information content (AvgIpc) is 3.33. The topological polar surface area (TPSA) is 148 Å². The zero-order valence-electron chi connectivity index (χ0n) is 24.4. The van der Waals surface area contributed by atoms with E-state index in [-0.39, 0.29) is 0 Å². The molecule has 1 aliphatic rings. The first kappa shape index (κ1) is 31.7. The lowest BCUT2D eigenvalue weighted by molar-refractivity contribution is -0.257. The number of aliphatic hydroxyl groups is 3. The fourth-order valence-electron chi connectivity index (χ4n) is 5.37. The van der Waals surface area contributed by atoms with Gasteiger partial charge in [-0.2, -0.15) is 5.26 Å². The van der Waals surface area contributed by atoms with Gasteiger partial charge in [0.25, 0.3) is 10.0 Å². The lowest BCUT2D eigenvalue weighted by Crippen LogP contribution is -2.56. The number of aromatic nitrogens is 1. The molecular formula is C31H40N4O6S. The molecule has 42 heavy (non-hydrogen) atoms. The fraction of sp³-hybridized carbons (Fsp3) is 0.452. The number of ether oxygens (including phenoxy) is 1. The summed E-state index contributed by atoms with van der Waals surface area (Å²) in [5.41, 5.74) is 3.50. The highest BCUT2D eigenvalue weighted by Gasteiger charge is 2.42. The van der Waals surface area contributed by atoms with Crippen LogP contribution >= 0.6 is 0 Å². The molecule has 4 N–H and O–H groups in total. The third-order valence-electron chi connectivity index (χ3n) is 7.81. The summed E-state index contributed by atoms with van der Waals surface area (Å²) < 4.78 is 35.2. The van der Waals surface area contributed by atoms with E-state index in [1.54, 1.807) is 19.2 Å². The number of aliphatic hydroxyl groups excluding tert-OH is 3. The highest BCUT2D eigenvalue weighted by Crippen LogP contribution is 2.30. The van der Waals surface area contributed by atoms with E-state index in [9.17, 15) is 29.0 Å². The van der Waals surface area contributed by atoms with Crippen LogP contribution in [-0.4, -0.2) is 72.5 Å². The third kappa shape index (κ3) is 6.70. The molecule has 11 heteroatoms. The van der Waals surface area contributed by atoms with Crippen LogP contribution in [0.15, 0.2) is 53.4 Å². The molecule has 2 aromatic carbocycles. The van der Waals surface area contributed by atoms with Crippen LogP contribution < -0.4 is 9.62 Å². The Morgan fingerprint density at radius 1 is 1.05 bits per heavy atom. The van der Waals surface area contributed by atoms with Gasteiger partial charge in [0.15, 0.2) is 11.2 Å². The molecule has 0 spiro atoms. The molecular weight excluding hydrogens is 556 g/mol. The summed E-state index contributed by atoms with van der Waals surface area (Å²) >= 11 is 0. The summed E-state index contributed by atoms with van der Waals surface area (Å²) in [7, 11) is -2.50. The minimum atomic E-state index is -4.30. The molecule has 1 unspecified atom stereocenters. The summed E-state index contributed by atoms with van der Waals surface area (Å²) in [6.07, 6.45) is -1.55. The second-order valence-corrected chi connectivity index (χ2v) is 12.5. The zero-order valence-corrected chi connectivity index (χ0v) is 25.3. The molecule has 1 aromatic heterocycles. The van der Waals surface area contributed by atoms with E-state index in [4.69, 9.17) is 4.74 Å². The molecule has 5 atom stereocenters. The van der Waals surface area contributed by atoms with Crippen molar-refractivity contribution in [3.63, 3.8) is 0 Å². The number of nitrogens with zero attached hydrogens (tertiary/aromatic N) is 3. The van der Waals surface area contributed by atoms with Crippen molar-refractivity contribution in [3.05, 3.63) is 59.1 Å². The highest BCUT2D eigenvalue weighted by atomic mass is 32.2. The number of anilines is 1. The predicted octanol–water partition coefficient (Wildman–Crippen LogP) is 3.33. The van der Waals surface area contributed by atoms with Crippen LogP contribution in [0.1, 0.15) is 39.3 Å². The number of hydrogen-bond donors (Lipinski definition) is 4. The second-order valence-electron chi connectivity index (χ2n) is 10.8. The Labute approximate surface area is 247 Å². The van der Waals surface area contributed by atoms with Gasteiger partial charge in [0.05, 0.1) is 18.1 Å². The van der Waals surface area contributed by atoms with E-state index in [0.29, 0.717) is 5.69 Å². The lowest BCUT2D eigenvalue weighted by Gasteiger charge is -2.39. The Kier molecular flexibility index (Phi) is 10.1. The monoisotopic (exact) mass is 596 g/mol. The van der Waals surface area contributed by atoms with Crippen molar-refractivity contribution in [2.45, 2.75) is 58.2 Å². The maximum atomic E-state index is 13.0. The van der Waals surface area contributed by atoms with Gasteiger partial charge in [0.1, 0.15) is 12.2 Å². The van der Waals surface area contributed by atoms with Crippen molar-refractivity contribution in [3.8, 4) is 17.3 Å². The standard InChI is InChI=1S/C31H40N4O6S/c1-5-13-35(14-6-2)25-10-9-21-15-23(8-7-22(21)16-25)28-12-11-24(34(28)4)17-26(18-32)42(39,40)33-19-27-30(37)29(36)20(3)41-31(27)38/h7-12,15-17,20,27,29-31,33,36-38H,5-6,13-14,19H2,1-4H3/b26-17+/t20-,27-,29?,30+,31-/m0/s1. The number of fused-ring (bicyclic) bond motifs is 1. The van der Waals surface area contributed by atoms with E-state index in [2.05, 4.69) is 53.8 Å². The van der Waals surface area contributed by atoms with Crippen LogP contribution in [0.4, 0.5) is 5.69 Å². The molecule has 1 saturated heterocycles. The molecule has 0 aliphatic carbocycles. The molecule has 3 aromatic rings. The van der Waals surface area contributed by atoms with E-state index < -0.39 is 52.0 Å². The Hall–Kier alpha value is -3.24. The smallest absolute Gasteiger partial charge is 0.250 e. The Morgan fingerprint density at radius 3 is 2.38 bits per heavy atom. The summed E-state index contributed by atoms with van der Waals surface area (Å²) in [5.74, 6) is -1.11. The van der Waals surface area contributed by atoms with Gasteiger partial charge in [-0.1, -0.05) is 32.0 Å². The summed E-state index contributed by atoms with van der Waals surface area (Å²) in [6.45, 7) is 7.44.